The molecule has 2 aromatic carbocycles. The van der Waals surface area contributed by atoms with Gasteiger partial charge < -0.3 is 15.0 Å². The number of carbonyl (C=O) groups is 3. The topological polar surface area (TPSA) is 75.7 Å². The molecule has 6 heteroatoms. The molecule has 0 radical (unpaired) electrons. The van der Waals surface area contributed by atoms with E-state index in [9.17, 15) is 14.4 Å². The first-order valence-electron chi connectivity index (χ1n) is 10.9. The Kier molecular flexibility index (Phi) is 6.35. The van der Waals surface area contributed by atoms with Crippen LogP contribution in [0.3, 0.4) is 0 Å². The van der Waals surface area contributed by atoms with Crippen molar-refractivity contribution < 1.29 is 19.1 Å². The van der Waals surface area contributed by atoms with Crippen LogP contribution in [0.25, 0.3) is 0 Å². The maximum Gasteiger partial charge on any atom is 0.311 e. The number of ether oxygens (including phenoxy) is 1. The fourth-order valence-electron chi connectivity index (χ4n) is 4.57. The van der Waals surface area contributed by atoms with Crippen molar-refractivity contribution in [2.24, 2.45) is 5.92 Å². The van der Waals surface area contributed by atoms with E-state index in [2.05, 4.69) is 11.4 Å². The monoisotopic (exact) mass is 420 g/mol. The van der Waals surface area contributed by atoms with E-state index >= 15 is 0 Å². The van der Waals surface area contributed by atoms with Gasteiger partial charge in [-0.3, -0.25) is 14.4 Å². The van der Waals surface area contributed by atoms with E-state index in [0.29, 0.717) is 6.54 Å². The number of hydrogen-bond acceptors (Lipinski definition) is 4. The SMILES string of the molecule is C[C@H](c1ccccc1)N1C[C@H](C(=O)OCC(=O)N[C@@H]2CCCc3ccccc32)CC1=O. The molecule has 0 bridgehead atoms. The summed E-state index contributed by atoms with van der Waals surface area (Å²) >= 11 is 0. The average molecular weight is 421 g/mol. The molecule has 1 heterocycles. The normalized spacial score (nSPS) is 21.3. The van der Waals surface area contributed by atoms with E-state index in [0.717, 1.165) is 30.4 Å². The Hall–Kier alpha value is -3.15. The van der Waals surface area contributed by atoms with Gasteiger partial charge in [-0.15, -0.1) is 0 Å². The molecule has 1 aliphatic carbocycles. The van der Waals surface area contributed by atoms with Crippen LogP contribution < -0.4 is 5.32 Å². The number of hydrogen-bond donors (Lipinski definition) is 1. The van der Waals surface area contributed by atoms with Crippen molar-refractivity contribution in [3.05, 3.63) is 71.3 Å². The molecular formula is C25H28N2O4. The summed E-state index contributed by atoms with van der Waals surface area (Å²) in [6.07, 6.45) is 3.03. The number of aryl methyl sites for hydroxylation is 1. The molecule has 6 nitrogen and oxygen atoms in total. The minimum Gasteiger partial charge on any atom is -0.455 e. The van der Waals surface area contributed by atoms with Crippen molar-refractivity contribution in [2.75, 3.05) is 13.2 Å². The van der Waals surface area contributed by atoms with Gasteiger partial charge in [0.15, 0.2) is 6.61 Å². The number of esters is 1. The molecule has 2 aromatic rings. The zero-order valence-corrected chi connectivity index (χ0v) is 17.8. The minimum absolute atomic E-state index is 0.0496. The Balaban J connectivity index is 1.28. The van der Waals surface area contributed by atoms with Crippen LogP contribution in [0.2, 0.25) is 0 Å². The van der Waals surface area contributed by atoms with Crippen LogP contribution >= 0.6 is 0 Å². The van der Waals surface area contributed by atoms with Gasteiger partial charge in [0.2, 0.25) is 5.91 Å². The van der Waals surface area contributed by atoms with Gasteiger partial charge >= 0.3 is 5.97 Å². The highest BCUT2D eigenvalue weighted by molar-refractivity contribution is 5.88. The molecule has 1 N–H and O–H groups in total. The lowest BCUT2D eigenvalue weighted by molar-refractivity contribution is -0.152. The van der Waals surface area contributed by atoms with Crippen molar-refractivity contribution in [1.29, 1.82) is 0 Å². The predicted molar refractivity (Wildman–Crippen MR) is 116 cm³/mol. The van der Waals surface area contributed by atoms with Crippen molar-refractivity contribution in [1.82, 2.24) is 10.2 Å². The minimum atomic E-state index is -0.540. The number of carbonyl (C=O) groups excluding carboxylic acids is 3. The van der Waals surface area contributed by atoms with Crippen molar-refractivity contribution >= 4 is 17.8 Å². The summed E-state index contributed by atoms with van der Waals surface area (Å²) in [7, 11) is 0. The Morgan fingerprint density at radius 3 is 2.68 bits per heavy atom. The van der Waals surface area contributed by atoms with Gasteiger partial charge in [0.05, 0.1) is 18.0 Å². The number of nitrogens with one attached hydrogen (secondary N) is 1. The zero-order valence-electron chi connectivity index (χ0n) is 17.8. The summed E-state index contributed by atoms with van der Waals surface area (Å²) in [6, 6.07) is 17.7. The third-order valence-corrected chi connectivity index (χ3v) is 6.29. The van der Waals surface area contributed by atoms with Gasteiger partial charge in [0.1, 0.15) is 0 Å². The maximum atomic E-state index is 12.5. The molecule has 0 spiro atoms. The van der Waals surface area contributed by atoms with Crippen LogP contribution in [0.15, 0.2) is 54.6 Å². The average Bonchev–Trinajstić information content (AvgIpc) is 3.19. The van der Waals surface area contributed by atoms with Crippen molar-refractivity contribution in [3.63, 3.8) is 0 Å². The van der Waals surface area contributed by atoms with Crippen LogP contribution in [0.5, 0.6) is 0 Å². The standard InChI is InChI=1S/C25H28N2O4/c1-17(18-8-3-2-4-9-18)27-15-20(14-24(27)29)25(30)31-16-23(28)26-22-13-7-11-19-10-5-6-12-21(19)22/h2-6,8-10,12,17,20,22H,7,11,13-16H2,1H3,(H,26,28)/t17-,20-,22-/m1/s1. The fraction of sp³-hybridized carbons (Fsp3) is 0.400. The van der Waals surface area contributed by atoms with Crippen molar-refractivity contribution in [2.45, 2.75) is 44.7 Å². The number of rotatable bonds is 6. The molecule has 1 fully saturated rings. The highest BCUT2D eigenvalue weighted by Gasteiger charge is 2.38. The van der Waals surface area contributed by atoms with E-state index in [4.69, 9.17) is 4.74 Å². The van der Waals surface area contributed by atoms with E-state index in [-0.39, 0.29) is 36.9 Å². The lowest BCUT2D eigenvalue weighted by atomic mass is 9.88. The summed E-state index contributed by atoms with van der Waals surface area (Å²) in [5.41, 5.74) is 3.42. The maximum absolute atomic E-state index is 12.5. The molecule has 1 aliphatic heterocycles. The Labute approximate surface area is 182 Å². The van der Waals surface area contributed by atoms with Crippen LogP contribution in [-0.2, 0) is 25.5 Å². The van der Waals surface area contributed by atoms with Gasteiger partial charge in [0, 0.05) is 13.0 Å². The number of fused-ring (bicyclic) bond motifs is 1. The molecule has 0 aromatic heterocycles. The highest BCUT2D eigenvalue weighted by Crippen LogP contribution is 2.30. The lowest BCUT2D eigenvalue weighted by Gasteiger charge is -2.26. The Morgan fingerprint density at radius 2 is 1.87 bits per heavy atom. The summed E-state index contributed by atoms with van der Waals surface area (Å²) in [6.45, 7) is 1.94. The lowest BCUT2D eigenvalue weighted by Crippen LogP contribution is -2.35. The van der Waals surface area contributed by atoms with E-state index in [1.54, 1.807) is 4.90 Å². The largest absolute Gasteiger partial charge is 0.455 e. The second kappa shape index (κ2) is 9.33. The molecular weight excluding hydrogens is 392 g/mol. The number of benzene rings is 2. The van der Waals surface area contributed by atoms with Gasteiger partial charge in [0.25, 0.3) is 5.91 Å². The second-order valence-electron chi connectivity index (χ2n) is 8.35. The van der Waals surface area contributed by atoms with E-state index < -0.39 is 11.9 Å². The van der Waals surface area contributed by atoms with Gasteiger partial charge in [-0.05, 0) is 42.9 Å². The van der Waals surface area contributed by atoms with Gasteiger partial charge in [-0.1, -0.05) is 54.6 Å². The fourth-order valence-corrected chi connectivity index (χ4v) is 4.57. The third kappa shape index (κ3) is 4.79. The Morgan fingerprint density at radius 1 is 1.13 bits per heavy atom. The molecule has 1 saturated heterocycles. The number of nitrogens with zero attached hydrogens (tertiary/aromatic N) is 1. The summed E-state index contributed by atoms with van der Waals surface area (Å²) in [5, 5.41) is 2.98. The Bertz CT molecular complexity index is 959. The molecule has 31 heavy (non-hydrogen) atoms. The summed E-state index contributed by atoms with van der Waals surface area (Å²) in [5.74, 6) is -1.41. The van der Waals surface area contributed by atoms with Crippen molar-refractivity contribution in [3.8, 4) is 0 Å². The first kappa shape index (κ1) is 21.1. The number of amides is 2. The smallest absolute Gasteiger partial charge is 0.311 e. The van der Waals surface area contributed by atoms with Crippen LogP contribution in [0.4, 0.5) is 0 Å². The zero-order chi connectivity index (χ0) is 21.8. The molecule has 162 valence electrons. The predicted octanol–water partition coefficient (Wildman–Crippen LogP) is 3.33. The quantitative estimate of drug-likeness (QED) is 0.728. The number of likely N-dealkylation sites (tertiary alicyclic amines) is 1. The molecule has 2 amide bonds. The molecule has 0 unspecified atom stereocenters. The molecule has 3 atom stereocenters. The molecule has 4 rings (SSSR count). The third-order valence-electron chi connectivity index (χ3n) is 6.29. The first-order chi connectivity index (χ1) is 15.0. The van der Waals surface area contributed by atoms with Crippen LogP contribution in [0.1, 0.15) is 55.0 Å². The highest BCUT2D eigenvalue weighted by atomic mass is 16.5. The summed E-state index contributed by atoms with van der Waals surface area (Å²) < 4.78 is 5.27. The second-order valence-corrected chi connectivity index (χ2v) is 8.35. The van der Waals surface area contributed by atoms with Crippen LogP contribution in [-0.4, -0.2) is 35.8 Å². The molecule has 0 saturated carbocycles. The van der Waals surface area contributed by atoms with Gasteiger partial charge in [-0.2, -0.15) is 0 Å². The van der Waals surface area contributed by atoms with Gasteiger partial charge in [-0.25, -0.2) is 0 Å². The van der Waals surface area contributed by atoms with E-state index in [1.165, 1.54) is 5.56 Å². The summed E-state index contributed by atoms with van der Waals surface area (Å²) in [4.78, 5) is 39.1. The van der Waals surface area contributed by atoms with Crippen LogP contribution in [0, 0.1) is 5.92 Å². The van der Waals surface area contributed by atoms with E-state index in [1.807, 2.05) is 55.5 Å². The first-order valence-corrected chi connectivity index (χ1v) is 10.9. The molecule has 2 aliphatic rings.